The van der Waals surface area contributed by atoms with Crippen LogP contribution in [0.1, 0.15) is 21.6 Å². The van der Waals surface area contributed by atoms with Gasteiger partial charge < -0.3 is 15.4 Å². The molecule has 0 atom stereocenters. The maximum atomic E-state index is 12.3. The Labute approximate surface area is 157 Å². The van der Waals surface area contributed by atoms with Crippen LogP contribution < -0.4 is 15.4 Å². The highest BCUT2D eigenvalue weighted by molar-refractivity contribution is 5.92. The Balaban J connectivity index is 1.52. The molecule has 1 aromatic carbocycles. The van der Waals surface area contributed by atoms with E-state index in [9.17, 15) is 4.79 Å². The SMILES string of the molecule is COc1cccc(CCNc2cc(C(=O)NCc3ccncc3)ncn2)c1. The van der Waals surface area contributed by atoms with Gasteiger partial charge in [-0.25, -0.2) is 9.97 Å². The van der Waals surface area contributed by atoms with Crippen LogP contribution in [-0.4, -0.2) is 34.5 Å². The second-order valence-electron chi connectivity index (χ2n) is 5.85. The van der Waals surface area contributed by atoms with Gasteiger partial charge in [-0.05, 0) is 41.8 Å². The van der Waals surface area contributed by atoms with E-state index in [-0.39, 0.29) is 5.91 Å². The van der Waals surface area contributed by atoms with E-state index >= 15 is 0 Å². The van der Waals surface area contributed by atoms with Crippen molar-refractivity contribution in [1.29, 1.82) is 0 Å². The lowest BCUT2D eigenvalue weighted by atomic mass is 10.1. The highest BCUT2D eigenvalue weighted by atomic mass is 16.5. The Morgan fingerprint density at radius 3 is 2.74 bits per heavy atom. The van der Waals surface area contributed by atoms with E-state index in [1.807, 2.05) is 36.4 Å². The zero-order valence-electron chi connectivity index (χ0n) is 15.1. The first-order valence-corrected chi connectivity index (χ1v) is 8.60. The second-order valence-corrected chi connectivity index (χ2v) is 5.85. The van der Waals surface area contributed by atoms with Crippen LogP contribution in [0.4, 0.5) is 5.82 Å². The van der Waals surface area contributed by atoms with Gasteiger partial charge in [0.15, 0.2) is 0 Å². The molecule has 7 heteroatoms. The number of carbonyl (C=O) groups excluding carboxylic acids is 1. The predicted molar refractivity (Wildman–Crippen MR) is 103 cm³/mol. The van der Waals surface area contributed by atoms with Gasteiger partial charge in [-0.2, -0.15) is 0 Å². The second kappa shape index (κ2) is 9.28. The number of hydrogen-bond acceptors (Lipinski definition) is 6. The van der Waals surface area contributed by atoms with Crippen LogP contribution in [0.3, 0.4) is 0 Å². The average molecular weight is 363 g/mol. The summed E-state index contributed by atoms with van der Waals surface area (Å²) in [6.07, 6.45) is 5.58. The molecular weight excluding hydrogens is 342 g/mol. The molecule has 0 spiro atoms. The van der Waals surface area contributed by atoms with Crippen LogP contribution >= 0.6 is 0 Å². The van der Waals surface area contributed by atoms with Gasteiger partial charge in [-0.1, -0.05) is 12.1 Å². The first-order chi connectivity index (χ1) is 13.2. The number of hydrogen-bond donors (Lipinski definition) is 2. The zero-order valence-corrected chi connectivity index (χ0v) is 15.1. The highest BCUT2D eigenvalue weighted by Gasteiger charge is 2.08. The summed E-state index contributed by atoms with van der Waals surface area (Å²) in [4.78, 5) is 24.4. The molecule has 0 aliphatic rings. The van der Waals surface area contributed by atoms with Gasteiger partial charge in [0.25, 0.3) is 5.91 Å². The van der Waals surface area contributed by atoms with Crippen molar-refractivity contribution in [3.8, 4) is 5.75 Å². The van der Waals surface area contributed by atoms with E-state index in [0.717, 1.165) is 23.3 Å². The zero-order chi connectivity index (χ0) is 18.9. The summed E-state index contributed by atoms with van der Waals surface area (Å²) in [7, 11) is 1.65. The van der Waals surface area contributed by atoms with E-state index in [1.54, 1.807) is 25.6 Å². The molecule has 2 N–H and O–H groups in total. The quantitative estimate of drug-likeness (QED) is 0.639. The maximum Gasteiger partial charge on any atom is 0.270 e. The topological polar surface area (TPSA) is 89.0 Å². The van der Waals surface area contributed by atoms with Crippen molar-refractivity contribution in [3.63, 3.8) is 0 Å². The third-order valence-electron chi connectivity index (χ3n) is 3.96. The number of pyridine rings is 1. The molecule has 2 aromatic heterocycles. The molecule has 27 heavy (non-hydrogen) atoms. The van der Waals surface area contributed by atoms with Gasteiger partial charge in [0.2, 0.25) is 0 Å². The van der Waals surface area contributed by atoms with Crippen molar-refractivity contribution in [3.05, 3.63) is 78.0 Å². The Kier molecular flexibility index (Phi) is 6.30. The van der Waals surface area contributed by atoms with Gasteiger partial charge in [-0.3, -0.25) is 9.78 Å². The van der Waals surface area contributed by atoms with Crippen LogP contribution in [0, 0.1) is 0 Å². The fraction of sp³-hybridized carbons (Fsp3) is 0.200. The van der Waals surface area contributed by atoms with Crippen molar-refractivity contribution in [2.75, 3.05) is 19.0 Å². The van der Waals surface area contributed by atoms with E-state index < -0.39 is 0 Å². The molecule has 3 aromatic rings. The number of carbonyl (C=O) groups is 1. The monoisotopic (exact) mass is 363 g/mol. The summed E-state index contributed by atoms with van der Waals surface area (Å²) in [5.41, 5.74) is 2.46. The summed E-state index contributed by atoms with van der Waals surface area (Å²) in [5, 5.41) is 6.06. The smallest absolute Gasteiger partial charge is 0.270 e. The molecule has 0 fully saturated rings. The van der Waals surface area contributed by atoms with E-state index in [4.69, 9.17) is 4.74 Å². The minimum Gasteiger partial charge on any atom is -0.497 e. The van der Waals surface area contributed by atoms with Crippen LogP contribution in [-0.2, 0) is 13.0 Å². The largest absolute Gasteiger partial charge is 0.497 e. The van der Waals surface area contributed by atoms with Crippen LogP contribution in [0.25, 0.3) is 0 Å². The Morgan fingerprint density at radius 1 is 1.07 bits per heavy atom. The van der Waals surface area contributed by atoms with Gasteiger partial charge in [0, 0.05) is 31.5 Å². The average Bonchev–Trinajstić information content (AvgIpc) is 2.73. The number of nitrogens with one attached hydrogen (secondary N) is 2. The lowest BCUT2D eigenvalue weighted by Gasteiger charge is -2.08. The molecule has 138 valence electrons. The van der Waals surface area contributed by atoms with Crippen molar-refractivity contribution in [2.24, 2.45) is 0 Å². The first kappa shape index (κ1) is 18.3. The molecule has 0 saturated carbocycles. The Hall–Kier alpha value is -3.48. The van der Waals surface area contributed by atoms with Gasteiger partial charge in [-0.15, -0.1) is 0 Å². The summed E-state index contributed by atoms with van der Waals surface area (Å²) in [6, 6.07) is 13.3. The lowest BCUT2D eigenvalue weighted by molar-refractivity contribution is 0.0946. The molecule has 0 unspecified atom stereocenters. The van der Waals surface area contributed by atoms with Crippen LogP contribution in [0.2, 0.25) is 0 Å². The summed E-state index contributed by atoms with van der Waals surface area (Å²) >= 11 is 0. The number of aromatic nitrogens is 3. The highest BCUT2D eigenvalue weighted by Crippen LogP contribution is 2.13. The van der Waals surface area contributed by atoms with Crippen LogP contribution in [0.5, 0.6) is 5.75 Å². The lowest BCUT2D eigenvalue weighted by Crippen LogP contribution is -2.24. The fourth-order valence-corrected chi connectivity index (χ4v) is 2.51. The number of anilines is 1. The molecular formula is C20H21N5O2. The number of ether oxygens (including phenoxy) is 1. The van der Waals surface area contributed by atoms with Gasteiger partial charge >= 0.3 is 0 Å². The van der Waals surface area contributed by atoms with Crippen molar-refractivity contribution >= 4 is 11.7 Å². The minimum atomic E-state index is -0.245. The Morgan fingerprint density at radius 2 is 1.93 bits per heavy atom. The molecule has 1 amide bonds. The first-order valence-electron chi connectivity index (χ1n) is 8.60. The molecule has 0 bridgehead atoms. The third-order valence-corrected chi connectivity index (χ3v) is 3.96. The summed E-state index contributed by atoms with van der Waals surface area (Å²) in [6.45, 7) is 1.10. The minimum absolute atomic E-state index is 0.245. The van der Waals surface area contributed by atoms with E-state index in [1.165, 1.54) is 6.33 Å². The van der Waals surface area contributed by atoms with E-state index in [2.05, 4.69) is 25.6 Å². The number of nitrogens with zero attached hydrogens (tertiary/aromatic N) is 3. The number of rotatable bonds is 8. The molecule has 7 nitrogen and oxygen atoms in total. The van der Waals surface area contributed by atoms with Gasteiger partial charge in [0.05, 0.1) is 7.11 Å². The number of amides is 1. The standard InChI is InChI=1S/C20H21N5O2/c1-27-17-4-2-3-15(11-17)7-10-22-19-12-18(24-14-25-19)20(26)23-13-16-5-8-21-9-6-16/h2-6,8-9,11-12,14H,7,10,13H2,1H3,(H,23,26)(H,22,24,25). The van der Waals surface area contributed by atoms with Crippen molar-refractivity contribution in [2.45, 2.75) is 13.0 Å². The number of benzene rings is 1. The summed E-state index contributed by atoms with van der Waals surface area (Å²) in [5.74, 6) is 1.20. The van der Waals surface area contributed by atoms with Crippen LogP contribution in [0.15, 0.2) is 61.2 Å². The molecule has 0 aliphatic heterocycles. The molecule has 0 aliphatic carbocycles. The molecule has 0 saturated heterocycles. The molecule has 3 rings (SSSR count). The fourth-order valence-electron chi connectivity index (χ4n) is 2.51. The van der Waals surface area contributed by atoms with Gasteiger partial charge in [0.1, 0.15) is 23.6 Å². The third kappa shape index (κ3) is 5.50. The van der Waals surface area contributed by atoms with E-state index in [0.29, 0.717) is 24.6 Å². The predicted octanol–water partition coefficient (Wildman–Crippen LogP) is 2.46. The Bertz CT molecular complexity index is 886. The normalized spacial score (nSPS) is 10.3. The molecule has 2 heterocycles. The number of methoxy groups -OCH3 is 1. The van der Waals surface area contributed by atoms with Crippen molar-refractivity contribution in [1.82, 2.24) is 20.3 Å². The molecule has 0 radical (unpaired) electrons. The van der Waals surface area contributed by atoms with Crippen molar-refractivity contribution < 1.29 is 9.53 Å². The summed E-state index contributed by atoms with van der Waals surface area (Å²) < 4.78 is 5.23. The maximum absolute atomic E-state index is 12.3.